The summed E-state index contributed by atoms with van der Waals surface area (Å²) in [4.78, 5) is 0. The van der Waals surface area contributed by atoms with Gasteiger partial charge < -0.3 is 14.2 Å². The van der Waals surface area contributed by atoms with Crippen LogP contribution in [0.3, 0.4) is 0 Å². The van der Waals surface area contributed by atoms with E-state index in [2.05, 4.69) is 0 Å². The third kappa shape index (κ3) is 2.55. The molecule has 3 nitrogen and oxygen atoms in total. The molecule has 0 amide bonds. The molecule has 1 aromatic rings. The summed E-state index contributed by atoms with van der Waals surface area (Å²) in [6.45, 7) is 5.13. The van der Waals surface area contributed by atoms with Crippen LogP contribution in [0.1, 0.15) is 13.8 Å². The van der Waals surface area contributed by atoms with Crippen molar-refractivity contribution in [3.63, 3.8) is 0 Å². The van der Waals surface area contributed by atoms with Crippen molar-refractivity contribution in [2.45, 2.75) is 13.8 Å². The monoisotopic (exact) mass is 196 g/mol. The highest BCUT2D eigenvalue weighted by molar-refractivity contribution is 5.45. The topological polar surface area (TPSA) is 27.7 Å². The van der Waals surface area contributed by atoms with E-state index in [1.54, 1.807) is 7.11 Å². The van der Waals surface area contributed by atoms with E-state index in [0.717, 1.165) is 17.2 Å². The van der Waals surface area contributed by atoms with Gasteiger partial charge in [-0.15, -0.1) is 0 Å². The zero-order chi connectivity index (χ0) is 10.4. The molecule has 78 valence electrons. The third-order valence-corrected chi connectivity index (χ3v) is 1.75. The zero-order valence-corrected chi connectivity index (χ0v) is 8.87. The Labute approximate surface area is 84.6 Å². The molecule has 0 aliphatic rings. The second-order valence-corrected chi connectivity index (χ2v) is 2.68. The first-order valence-corrected chi connectivity index (χ1v) is 4.75. The smallest absolute Gasteiger partial charge is 0.164 e. The maximum atomic E-state index is 5.43. The molecule has 0 fully saturated rings. The van der Waals surface area contributed by atoms with Crippen LogP contribution in [0, 0.1) is 0 Å². The van der Waals surface area contributed by atoms with Crippen molar-refractivity contribution in [3.05, 3.63) is 18.2 Å². The quantitative estimate of drug-likeness (QED) is 0.724. The molecule has 0 radical (unpaired) electrons. The largest absolute Gasteiger partial charge is 0.497 e. The van der Waals surface area contributed by atoms with Crippen LogP contribution in [0.25, 0.3) is 0 Å². The SMILES string of the molecule is CCOc1ccc(OC)cc1OCC. The average molecular weight is 196 g/mol. The highest BCUT2D eigenvalue weighted by atomic mass is 16.5. The molecule has 0 aromatic heterocycles. The van der Waals surface area contributed by atoms with Crippen LogP contribution in [0.5, 0.6) is 17.2 Å². The fraction of sp³-hybridized carbons (Fsp3) is 0.455. The van der Waals surface area contributed by atoms with Gasteiger partial charge in [0.1, 0.15) is 5.75 Å². The van der Waals surface area contributed by atoms with Gasteiger partial charge in [-0.3, -0.25) is 0 Å². The van der Waals surface area contributed by atoms with Crippen LogP contribution in [0.4, 0.5) is 0 Å². The fourth-order valence-electron chi connectivity index (χ4n) is 1.16. The molecule has 0 aliphatic heterocycles. The summed E-state index contributed by atoms with van der Waals surface area (Å²) in [5.74, 6) is 2.26. The van der Waals surface area contributed by atoms with Gasteiger partial charge in [0.25, 0.3) is 0 Å². The van der Waals surface area contributed by atoms with Crippen molar-refractivity contribution >= 4 is 0 Å². The number of ether oxygens (including phenoxy) is 3. The molecule has 0 saturated carbocycles. The third-order valence-electron chi connectivity index (χ3n) is 1.75. The van der Waals surface area contributed by atoms with Crippen molar-refractivity contribution in [2.24, 2.45) is 0 Å². The maximum absolute atomic E-state index is 5.43. The molecule has 1 aromatic carbocycles. The van der Waals surface area contributed by atoms with Crippen molar-refractivity contribution in [3.8, 4) is 17.2 Å². The van der Waals surface area contributed by atoms with Crippen molar-refractivity contribution in [1.29, 1.82) is 0 Å². The molecular formula is C11H16O3. The van der Waals surface area contributed by atoms with Crippen molar-refractivity contribution < 1.29 is 14.2 Å². The number of methoxy groups -OCH3 is 1. The van der Waals surface area contributed by atoms with E-state index >= 15 is 0 Å². The Hall–Kier alpha value is -1.38. The van der Waals surface area contributed by atoms with E-state index in [1.807, 2.05) is 32.0 Å². The van der Waals surface area contributed by atoms with Crippen LogP contribution in [0.15, 0.2) is 18.2 Å². The summed E-state index contributed by atoms with van der Waals surface area (Å²) in [6.07, 6.45) is 0. The van der Waals surface area contributed by atoms with Gasteiger partial charge >= 0.3 is 0 Å². The predicted octanol–water partition coefficient (Wildman–Crippen LogP) is 2.49. The van der Waals surface area contributed by atoms with Gasteiger partial charge in [0.2, 0.25) is 0 Å². The molecule has 0 heterocycles. The molecule has 0 bridgehead atoms. The minimum atomic E-state index is 0.618. The van der Waals surface area contributed by atoms with Gasteiger partial charge in [-0.2, -0.15) is 0 Å². The van der Waals surface area contributed by atoms with E-state index < -0.39 is 0 Å². The van der Waals surface area contributed by atoms with Gasteiger partial charge in [0, 0.05) is 6.07 Å². The molecule has 3 heteroatoms. The second kappa shape index (κ2) is 5.37. The summed E-state index contributed by atoms with van der Waals surface area (Å²) >= 11 is 0. The predicted molar refractivity (Wildman–Crippen MR) is 55.3 cm³/mol. The van der Waals surface area contributed by atoms with Gasteiger partial charge in [-0.05, 0) is 26.0 Å². The Balaban J connectivity index is 2.91. The molecule has 0 aliphatic carbocycles. The Bertz CT molecular complexity index is 284. The molecule has 0 spiro atoms. The van der Waals surface area contributed by atoms with Crippen LogP contribution >= 0.6 is 0 Å². The van der Waals surface area contributed by atoms with Crippen molar-refractivity contribution in [2.75, 3.05) is 20.3 Å². The van der Waals surface area contributed by atoms with Crippen molar-refractivity contribution in [1.82, 2.24) is 0 Å². The molecule has 0 unspecified atom stereocenters. The Morgan fingerprint density at radius 1 is 1.00 bits per heavy atom. The molecular weight excluding hydrogens is 180 g/mol. The Morgan fingerprint density at radius 3 is 2.21 bits per heavy atom. The molecule has 0 atom stereocenters. The number of benzene rings is 1. The summed E-state index contributed by atoms with van der Waals surface area (Å²) in [5, 5.41) is 0. The highest BCUT2D eigenvalue weighted by Gasteiger charge is 2.05. The first-order valence-electron chi connectivity index (χ1n) is 4.75. The van der Waals surface area contributed by atoms with Crippen LogP contribution in [-0.2, 0) is 0 Å². The first-order chi connectivity index (χ1) is 6.81. The van der Waals surface area contributed by atoms with Crippen LogP contribution < -0.4 is 14.2 Å². The van der Waals surface area contributed by atoms with E-state index in [9.17, 15) is 0 Å². The van der Waals surface area contributed by atoms with E-state index in [4.69, 9.17) is 14.2 Å². The Kier molecular flexibility index (Phi) is 4.11. The first kappa shape index (κ1) is 10.7. The normalized spacial score (nSPS) is 9.64. The molecule has 0 saturated heterocycles. The molecule has 14 heavy (non-hydrogen) atoms. The highest BCUT2D eigenvalue weighted by Crippen LogP contribution is 2.31. The lowest BCUT2D eigenvalue weighted by atomic mass is 10.3. The van der Waals surface area contributed by atoms with E-state index in [-0.39, 0.29) is 0 Å². The lowest BCUT2D eigenvalue weighted by molar-refractivity contribution is 0.285. The van der Waals surface area contributed by atoms with Crippen LogP contribution in [-0.4, -0.2) is 20.3 Å². The van der Waals surface area contributed by atoms with Gasteiger partial charge in [0.05, 0.1) is 20.3 Å². The minimum Gasteiger partial charge on any atom is -0.497 e. The van der Waals surface area contributed by atoms with Gasteiger partial charge in [-0.25, -0.2) is 0 Å². The van der Waals surface area contributed by atoms with Crippen LogP contribution in [0.2, 0.25) is 0 Å². The minimum absolute atomic E-state index is 0.618. The Morgan fingerprint density at radius 2 is 1.64 bits per heavy atom. The number of hydrogen-bond acceptors (Lipinski definition) is 3. The zero-order valence-electron chi connectivity index (χ0n) is 8.87. The summed E-state index contributed by atoms with van der Waals surface area (Å²) in [5.41, 5.74) is 0. The lowest BCUT2D eigenvalue weighted by Crippen LogP contribution is -1.98. The lowest BCUT2D eigenvalue weighted by Gasteiger charge is -2.11. The fourth-order valence-corrected chi connectivity index (χ4v) is 1.16. The summed E-state index contributed by atoms with van der Waals surface area (Å²) < 4.78 is 15.9. The summed E-state index contributed by atoms with van der Waals surface area (Å²) in [7, 11) is 1.63. The summed E-state index contributed by atoms with van der Waals surface area (Å²) in [6, 6.07) is 5.54. The standard InChI is InChI=1S/C11H16O3/c1-4-13-10-7-6-9(12-3)8-11(10)14-5-2/h6-8H,4-5H2,1-3H3. The average Bonchev–Trinajstić information content (AvgIpc) is 2.21. The number of hydrogen-bond donors (Lipinski definition) is 0. The second-order valence-electron chi connectivity index (χ2n) is 2.68. The molecule has 0 N–H and O–H groups in total. The number of rotatable bonds is 5. The van der Waals surface area contributed by atoms with E-state index in [0.29, 0.717) is 13.2 Å². The van der Waals surface area contributed by atoms with E-state index in [1.165, 1.54) is 0 Å². The van der Waals surface area contributed by atoms with Gasteiger partial charge in [0.15, 0.2) is 11.5 Å². The maximum Gasteiger partial charge on any atom is 0.164 e. The van der Waals surface area contributed by atoms with Gasteiger partial charge in [-0.1, -0.05) is 0 Å². The molecule has 1 rings (SSSR count).